The summed E-state index contributed by atoms with van der Waals surface area (Å²) in [7, 11) is 0. The smallest absolute Gasteiger partial charge is 0.378 e. The lowest BCUT2D eigenvalue weighted by Crippen LogP contribution is -2.28. The minimum Gasteiger partial charge on any atom is -0.378 e. The van der Waals surface area contributed by atoms with Crippen molar-refractivity contribution in [2.75, 3.05) is 13.2 Å². The molecule has 2 unspecified atom stereocenters. The van der Waals surface area contributed by atoms with Gasteiger partial charge in [0.05, 0.1) is 11.7 Å². The minimum absolute atomic E-state index is 0.219. The maximum Gasteiger partial charge on any atom is 0.419 e. The molecule has 21 heavy (non-hydrogen) atoms. The van der Waals surface area contributed by atoms with Crippen molar-refractivity contribution in [1.29, 1.82) is 0 Å². The molecule has 1 N–H and O–H groups in total. The zero-order chi connectivity index (χ0) is 15.5. The third-order valence-electron chi connectivity index (χ3n) is 3.82. The van der Waals surface area contributed by atoms with Crippen molar-refractivity contribution in [1.82, 2.24) is 5.32 Å². The summed E-state index contributed by atoms with van der Waals surface area (Å²) in [5.74, 6) is -0.848. The van der Waals surface area contributed by atoms with Gasteiger partial charge >= 0.3 is 6.18 Å². The molecule has 1 aromatic rings. The molecule has 1 heterocycles. The summed E-state index contributed by atoms with van der Waals surface area (Å²) in [6.07, 6.45) is -2.55. The van der Waals surface area contributed by atoms with Gasteiger partial charge in [-0.25, -0.2) is 4.39 Å². The number of hydrogen-bond acceptors (Lipinski definition) is 2. The van der Waals surface area contributed by atoms with Crippen molar-refractivity contribution in [3.63, 3.8) is 0 Å². The second-order valence-electron chi connectivity index (χ2n) is 5.31. The van der Waals surface area contributed by atoms with E-state index in [4.69, 9.17) is 4.74 Å². The van der Waals surface area contributed by atoms with Crippen LogP contribution in [0.25, 0.3) is 0 Å². The van der Waals surface area contributed by atoms with E-state index < -0.39 is 17.6 Å². The quantitative estimate of drug-likeness (QED) is 0.837. The highest BCUT2D eigenvalue weighted by atomic mass is 19.4. The monoisotopic (exact) mass is 305 g/mol. The topological polar surface area (TPSA) is 21.3 Å². The molecule has 1 aliphatic heterocycles. The molecule has 2 rings (SSSR count). The largest absolute Gasteiger partial charge is 0.419 e. The van der Waals surface area contributed by atoms with E-state index >= 15 is 0 Å². The van der Waals surface area contributed by atoms with Crippen LogP contribution in [0.3, 0.4) is 0 Å². The number of halogens is 4. The van der Waals surface area contributed by atoms with E-state index in [1.807, 2.05) is 0 Å². The number of nitrogens with one attached hydrogen (secondary N) is 1. The van der Waals surface area contributed by atoms with Crippen LogP contribution < -0.4 is 5.32 Å². The Bertz CT molecular complexity index is 475. The molecule has 1 fully saturated rings. The predicted molar refractivity (Wildman–Crippen MR) is 71.2 cm³/mol. The van der Waals surface area contributed by atoms with Crippen LogP contribution in [-0.2, 0) is 17.5 Å². The Morgan fingerprint density at radius 1 is 1.33 bits per heavy atom. The molecule has 1 saturated heterocycles. The van der Waals surface area contributed by atoms with Crippen molar-refractivity contribution in [2.45, 2.75) is 38.6 Å². The minimum atomic E-state index is -4.66. The van der Waals surface area contributed by atoms with Gasteiger partial charge in [0, 0.05) is 19.7 Å². The highest BCUT2D eigenvalue weighted by Crippen LogP contribution is 2.32. The van der Waals surface area contributed by atoms with E-state index in [1.165, 1.54) is 6.07 Å². The van der Waals surface area contributed by atoms with E-state index in [0.717, 1.165) is 31.6 Å². The first-order valence-corrected chi connectivity index (χ1v) is 7.09. The maximum absolute atomic E-state index is 13.2. The zero-order valence-electron chi connectivity index (χ0n) is 11.8. The van der Waals surface area contributed by atoms with Crippen LogP contribution in [0.1, 0.15) is 30.9 Å². The Labute approximate surface area is 121 Å². The van der Waals surface area contributed by atoms with Gasteiger partial charge in [-0.1, -0.05) is 13.0 Å². The van der Waals surface area contributed by atoms with E-state index in [2.05, 4.69) is 12.2 Å². The molecule has 0 bridgehead atoms. The van der Waals surface area contributed by atoms with Crippen LogP contribution in [0.15, 0.2) is 18.2 Å². The standard InChI is InChI=1S/C15H19F4NO/c1-2-14-11(5-6-21-14)9-20-8-10-3-4-13(16)12(7-10)15(17,18)19/h3-4,7,11,14,20H,2,5-6,8-9H2,1H3. The van der Waals surface area contributed by atoms with Crippen molar-refractivity contribution in [3.8, 4) is 0 Å². The van der Waals surface area contributed by atoms with Crippen molar-refractivity contribution in [2.24, 2.45) is 5.92 Å². The zero-order valence-corrected chi connectivity index (χ0v) is 11.8. The fourth-order valence-electron chi connectivity index (χ4n) is 2.68. The molecule has 6 heteroatoms. The van der Waals surface area contributed by atoms with Crippen LogP contribution in [0.5, 0.6) is 0 Å². The molecule has 0 saturated carbocycles. The Morgan fingerprint density at radius 3 is 2.76 bits per heavy atom. The maximum atomic E-state index is 13.2. The average Bonchev–Trinajstić information content (AvgIpc) is 2.87. The normalized spacial score (nSPS) is 22.7. The highest BCUT2D eigenvalue weighted by molar-refractivity contribution is 5.27. The van der Waals surface area contributed by atoms with Crippen molar-refractivity contribution >= 4 is 0 Å². The summed E-state index contributed by atoms with van der Waals surface area (Å²) in [5, 5.41) is 3.14. The average molecular weight is 305 g/mol. The summed E-state index contributed by atoms with van der Waals surface area (Å²) in [5.41, 5.74) is -0.784. The van der Waals surface area contributed by atoms with Gasteiger partial charge in [0.1, 0.15) is 5.82 Å². The van der Waals surface area contributed by atoms with Crippen LogP contribution in [0.2, 0.25) is 0 Å². The molecule has 118 valence electrons. The first kappa shape index (κ1) is 16.2. The number of ether oxygens (including phenoxy) is 1. The summed E-state index contributed by atoms with van der Waals surface area (Å²) in [6, 6.07) is 3.11. The van der Waals surface area contributed by atoms with Gasteiger partial charge in [-0.15, -0.1) is 0 Å². The highest BCUT2D eigenvalue weighted by Gasteiger charge is 2.34. The molecule has 0 spiro atoms. The van der Waals surface area contributed by atoms with Gasteiger partial charge in [0.15, 0.2) is 0 Å². The number of benzene rings is 1. The Morgan fingerprint density at radius 2 is 2.10 bits per heavy atom. The number of rotatable bonds is 5. The lowest BCUT2D eigenvalue weighted by atomic mass is 9.99. The Balaban J connectivity index is 1.92. The lowest BCUT2D eigenvalue weighted by molar-refractivity contribution is -0.140. The molecular formula is C15H19F4NO. The third kappa shape index (κ3) is 4.17. The molecule has 2 nitrogen and oxygen atoms in total. The van der Waals surface area contributed by atoms with Crippen LogP contribution in [0, 0.1) is 11.7 Å². The van der Waals surface area contributed by atoms with Gasteiger partial charge in [0.25, 0.3) is 0 Å². The predicted octanol–water partition coefficient (Wildman–Crippen LogP) is 3.75. The van der Waals surface area contributed by atoms with E-state index in [9.17, 15) is 17.6 Å². The van der Waals surface area contributed by atoms with Gasteiger partial charge in [-0.05, 0) is 36.5 Å². The number of alkyl halides is 3. The van der Waals surface area contributed by atoms with Crippen molar-refractivity contribution in [3.05, 3.63) is 35.1 Å². The molecule has 1 aliphatic rings. The van der Waals surface area contributed by atoms with Gasteiger partial charge in [-0.3, -0.25) is 0 Å². The van der Waals surface area contributed by atoms with Gasteiger partial charge in [0.2, 0.25) is 0 Å². The summed E-state index contributed by atoms with van der Waals surface area (Å²) < 4.78 is 56.6. The van der Waals surface area contributed by atoms with E-state index in [-0.39, 0.29) is 12.6 Å². The van der Waals surface area contributed by atoms with Crippen molar-refractivity contribution < 1.29 is 22.3 Å². The Kier molecular flexibility index (Phi) is 5.22. The fourth-order valence-corrected chi connectivity index (χ4v) is 2.68. The molecule has 0 radical (unpaired) electrons. The lowest BCUT2D eigenvalue weighted by Gasteiger charge is -2.17. The first-order valence-electron chi connectivity index (χ1n) is 7.09. The molecule has 1 aromatic carbocycles. The molecule has 2 atom stereocenters. The molecule has 0 aromatic heterocycles. The van der Waals surface area contributed by atoms with Gasteiger partial charge < -0.3 is 10.1 Å². The third-order valence-corrected chi connectivity index (χ3v) is 3.82. The summed E-state index contributed by atoms with van der Waals surface area (Å²) >= 11 is 0. The molecule has 0 amide bonds. The SMILES string of the molecule is CCC1OCCC1CNCc1ccc(F)c(C(F)(F)F)c1. The fraction of sp³-hybridized carbons (Fsp3) is 0.600. The Hall–Kier alpha value is -1.14. The van der Waals surface area contributed by atoms with Crippen LogP contribution in [0.4, 0.5) is 17.6 Å². The summed E-state index contributed by atoms with van der Waals surface area (Å²) in [4.78, 5) is 0. The van der Waals surface area contributed by atoms with Crippen LogP contribution >= 0.6 is 0 Å². The second-order valence-corrected chi connectivity index (χ2v) is 5.31. The summed E-state index contributed by atoms with van der Waals surface area (Å²) in [6.45, 7) is 3.77. The number of hydrogen-bond donors (Lipinski definition) is 1. The van der Waals surface area contributed by atoms with Crippen LogP contribution in [-0.4, -0.2) is 19.3 Å². The second kappa shape index (κ2) is 6.75. The molecular weight excluding hydrogens is 286 g/mol. The van der Waals surface area contributed by atoms with E-state index in [1.54, 1.807) is 0 Å². The van der Waals surface area contributed by atoms with Gasteiger partial charge in [-0.2, -0.15) is 13.2 Å². The van der Waals surface area contributed by atoms with E-state index in [0.29, 0.717) is 18.0 Å². The first-order chi connectivity index (χ1) is 9.91. The molecule has 0 aliphatic carbocycles.